The van der Waals surface area contributed by atoms with Gasteiger partial charge in [-0.25, -0.2) is 0 Å². The summed E-state index contributed by atoms with van der Waals surface area (Å²) in [7, 11) is 3.23. The van der Waals surface area contributed by atoms with Crippen molar-refractivity contribution in [2.75, 3.05) is 24.4 Å². The number of fused-ring (bicyclic) bond motifs is 1. The van der Waals surface area contributed by atoms with Crippen LogP contribution in [-0.2, 0) is 0 Å². The van der Waals surface area contributed by atoms with Crippen molar-refractivity contribution in [3.05, 3.63) is 78.1 Å². The Labute approximate surface area is 157 Å². The molecule has 1 atom stereocenters. The van der Waals surface area contributed by atoms with Crippen LogP contribution < -0.4 is 19.7 Å². The molecule has 0 saturated carbocycles. The van der Waals surface area contributed by atoms with Gasteiger partial charge in [0, 0.05) is 18.0 Å². The molecule has 1 aliphatic heterocycles. The molecular weight excluding hydrogens is 342 g/mol. The molecule has 0 aliphatic carbocycles. The van der Waals surface area contributed by atoms with Crippen LogP contribution in [0.2, 0.25) is 0 Å². The number of hydrogen-bond donors (Lipinski definition) is 1. The third kappa shape index (κ3) is 3.06. The van der Waals surface area contributed by atoms with E-state index in [4.69, 9.17) is 9.47 Å². The summed E-state index contributed by atoms with van der Waals surface area (Å²) in [6.45, 7) is 0. The lowest BCUT2D eigenvalue weighted by Gasteiger charge is -2.27. The number of carbonyl (C=O) groups is 1. The molecule has 6 heteroatoms. The third-order valence-electron chi connectivity index (χ3n) is 4.53. The van der Waals surface area contributed by atoms with E-state index in [1.54, 1.807) is 37.4 Å². The molecule has 2 aromatic carbocycles. The number of aromatic nitrogens is 1. The maximum Gasteiger partial charge on any atom is 0.262 e. The van der Waals surface area contributed by atoms with Crippen molar-refractivity contribution in [2.24, 2.45) is 0 Å². The molecule has 0 radical (unpaired) electrons. The molecule has 0 bridgehead atoms. The molecule has 0 spiro atoms. The van der Waals surface area contributed by atoms with E-state index in [-0.39, 0.29) is 5.91 Å². The summed E-state index contributed by atoms with van der Waals surface area (Å²) in [6, 6.07) is 18.6. The minimum atomic E-state index is -0.422. The van der Waals surface area contributed by atoms with E-state index in [1.165, 1.54) is 0 Å². The quantitative estimate of drug-likeness (QED) is 0.747. The zero-order valence-corrected chi connectivity index (χ0v) is 15.0. The average molecular weight is 361 g/mol. The number of nitrogens with one attached hydrogen (secondary N) is 1. The minimum absolute atomic E-state index is 0.0997. The van der Waals surface area contributed by atoms with Gasteiger partial charge >= 0.3 is 0 Å². The second kappa shape index (κ2) is 6.99. The van der Waals surface area contributed by atoms with Crippen LogP contribution in [-0.4, -0.2) is 25.1 Å². The van der Waals surface area contributed by atoms with E-state index < -0.39 is 6.17 Å². The Morgan fingerprint density at radius 1 is 0.963 bits per heavy atom. The van der Waals surface area contributed by atoms with Crippen molar-refractivity contribution >= 4 is 17.3 Å². The molecule has 136 valence electrons. The van der Waals surface area contributed by atoms with Gasteiger partial charge in [-0.05, 0) is 48.5 Å². The van der Waals surface area contributed by atoms with Crippen LogP contribution in [0, 0.1) is 0 Å². The number of pyridine rings is 1. The van der Waals surface area contributed by atoms with E-state index in [9.17, 15) is 4.79 Å². The van der Waals surface area contributed by atoms with Crippen LogP contribution in [0.5, 0.6) is 11.5 Å². The summed E-state index contributed by atoms with van der Waals surface area (Å²) in [4.78, 5) is 19.2. The Kier molecular flexibility index (Phi) is 4.38. The fourth-order valence-electron chi connectivity index (χ4n) is 3.19. The van der Waals surface area contributed by atoms with E-state index in [1.807, 2.05) is 48.5 Å². The van der Waals surface area contributed by atoms with Crippen molar-refractivity contribution < 1.29 is 14.3 Å². The molecule has 27 heavy (non-hydrogen) atoms. The van der Waals surface area contributed by atoms with Crippen molar-refractivity contribution in [3.8, 4) is 11.5 Å². The molecule has 0 fully saturated rings. The number of rotatable bonds is 5. The fourth-order valence-corrected chi connectivity index (χ4v) is 3.19. The molecule has 1 aliphatic rings. The van der Waals surface area contributed by atoms with Gasteiger partial charge in [-0.2, -0.15) is 0 Å². The molecule has 0 unspecified atom stereocenters. The van der Waals surface area contributed by atoms with Crippen LogP contribution >= 0.6 is 0 Å². The van der Waals surface area contributed by atoms with E-state index in [0.29, 0.717) is 17.0 Å². The number of anilines is 2. The van der Waals surface area contributed by atoms with Gasteiger partial charge in [0.05, 0.1) is 31.2 Å². The molecule has 1 amide bonds. The number of carbonyl (C=O) groups excluding carboxylic acids is 1. The first kappa shape index (κ1) is 16.9. The number of nitrogens with zero attached hydrogens (tertiary/aromatic N) is 2. The van der Waals surface area contributed by atoms with Gasteiger partial charge in [0.1, 0.15) is 11.5 Å². The number of amides is 1. The smallest absolute Gasteiger partial charge is 0.262 e. The van der Waals surface area contributed by atoms with Crippen molar-refractivity contribution in [1.29, 1.82) is 0 Å². The van der Waals surface area contributed by atoms with Gasteiger partial charge in [-0.1, -0.05) is 6.07 Å². The highest BCUT2D eigenvalue weighted by atomic mass is 16.5. The maximum absolute atomic E-state index is 13.1. The van der Waals surface area contributed by atoms with Crippen LogP contribution in [0.1, 0.15) is 22.2 Å². The Bertz CT molecular complexity index is 972. The third-order valence-corrected chi connectivity index (χ3v) is 4.53. The van der Waals surface area contributed by atoms with Gasteiger partial charge in [0.25, 0.3) is 5.91 Å². The number of hydrogen-bond acceptors (Lipinski definition) is 5. The van der Waals surface area contributed by atoms with E-state index >= 15 is 0 Å². The van der Waals surface area contributed by atoms with Gasteiger partial charge in [0.15, 0.2) is 6.17 Å². The van der Waals surface area contributed by atoms with Crippen LogP contribution in [0.25, 0.3) is 0 Å². The molecule has 0 saturated heterocycles. The first-order valence-electron chi connectivity index (χ1n) is 8.54. The number of ether oxygens (including phenoxy) is 2. The highest BCUT2D eigenvalue weighted by Crippen LogP contribution is 2.38. The summed E-state index contributed by atoms with van der Waals surface area (Å²) in [5, 5.41) is 3.41. The lowest BCUT2D eigenvalue weighted by molar-refractivity contribution is 0.0993. The molecule has 1 N–H and O–H groups in total. The SMILES string of the molecule is COc1ccc(N[C@@H]2c3ncccc3C(=O)N2c2cccc(OC)c2)cc1. The van der Waals surface area contributed by atoms with Crippen LogP contribution in [0.15, 0.2) is 66.9 Å². The first-order chi connectivity index (χ1) is 13.2. The van der Waals surface area contributed by atoms with Crippen molar-refractivity contribution in [3.63, 3.8) is 0 Å². The van der Waals surface area contributed by atoms with Crippen molar-refractivity contribution in [2.45, 2.75) is 6.17 Å². The number of methoxy groups -OCH3 is 2. The van der Waals surface area contributed by atoms with E-state index in [0.717, 1.165) is 17.1 Å². The Balaban J connectivity index is 1.75. The predicted octanol–water partition coefficient (Wildman–Crippen LogP) is 3.87. The zero-order chi connectivity index (χ0) is 18.8. The highest BCUT2D eigenvalue weighted by molar-refractivity contribution is 6.11. The largest absolute Gasteiger partial charge is 0.497 e. The lowest BCUT2D eigenvalue weighted by Crippen LogP contribution is -2.32. The summed E-state index contributed by atoms with van der Waals surface area (Å²) in [6.07, 6.45) is 1.28. The Morgan fingerprint density at radius 2 is 1.74 bits per heavy atom. The van der Waals surface area contributed by atoms with E-state index in [2.05, 4.69) is 10.3 Å². The zero-order valence-electron chi connectivity index (χ0n) is 15.0. The lowest BCUT2D eigenvalue weighted by atomic mass is 10.2. The number of benzene rings is 2. The average Bonchev–Trinajstić information content (AvgIpc) is 3.00. The monoisotopic (exact) mass is 361 g/mol. The normalized spacial score (nSPS) is 15.4. The standard InChI is InChI=1S/C21H19N3O3/c1-26-16-10-8-14(9-11-16)23-20-19-18(7-4-12-22-19)21(25)24(20)15-5-3-6-17(13-15)27-2/h3-13,20,23H,1-2H3/t20-/m0/s1. The molecule has 3 aromatic rings. The summed E-state index contributed by atoms with van der Waals surface area (Å²) >= 11 is 0. The second-order valence-electron chi connectivity index (χ2n) is 6.09. The van der Waals surface area contributed by atoms with Gasteiger partial charge in [-0.3, -0.25) is 14.7 Å². The summed E-state index contributed by atoms with van der Waals surface area (Å²) < 4.78 is 10.5. The molecule has 2 heterocycles. The molecule has 6 nitrogen and oxygen atoms in total. The second-order valence-corrected chi connectivity index (χ2v) is 6.09. The summed E-state index contributed by atoms with van der Waals surface area (Å²) in [5.41, 5.74) is 2.89. The molecular formula is C21H19N3O3. The van der Waals surface area contributed by atoms with Crippen molar-refractivity contribution in [1.82, 2.24) is 4.98 Å². The summed E-state index contributed by atoms with van der Waals surface area (Å²) in [5.74, 6) is 1.36. The molecule has 4 rings (SSSR count). The Morgan fingerprint density at radius 3 is 2.48 bits per heavy atom. The minimum Gasteiger partial charge on any atom is -0.497 e. The fraction of sp³-hybridized carbons (Fsp3) is 0.143. The first-order valence-corrected chi connectivity index (χ1v) is 8.54. The molecule has 1 aromatic heterocycles. The Hall–Kier alpha value is -3.54. The van der Waals surface area contributed by atoms with Crippen LogP contribution in [0.4, 0.5) is 11.4 Å². The van der Waals surface area contributed by atoms with Gasteiger partial charge < -0.3 is 14.8 Å². The van der Waals surface area contributed by atoms with Gasteiger partial charge in [-0.15, -0.1) is 0 Å². The topological polar surface area (TPSA) is 63.7 Å². The maximum atomic E-state index is 13.1. The van der Waals surface area contributed by atoms with Crippen LogP contribution in [0.3, 0.4) is 0 Å². The van der Waals surface area contributed by atoms with Gasteiger partial charge in [0.2, 0.25) is 0 Å². The highest BCUT2D eigenvalue weighted by Gasteiger charge is 2.39. The predicted molar refractivity (Wildman–Crippen MR) is 103 cm³/mol.